The Morgan fingerprint density at radius 1 is 1.35 bits per heavy atom. The fraction of sp³-hybridized carbons (Fsp3) is 1.00. The van der Waals surface area contributed by atoms with Gasteiger partial charge in [0.05, 0.1) is 6.61 Å². The fourth-order valence-corrected chi connectivity index (χ4v) is 2.77. The maximum absolute atomic E-state index is 9.33. The summed E-state index contributed by atoms with van der Waals surface area (Å²) >= 11 is 0. The van der Waals surface area contributed by atoms with Crippen molar-refractivity contribution in [3.8, 4) is 0 Å². The molecule has 102 valence electrons. The van der Waals surface area contributed by atoms with Crippen LogP contribution in [0.4, 0.5) is 0 Å². The molecule has 1 aliphatic heterocycles. The van der Waals surface area contributed by atoms with E-state index in [2.05, 4.69) is 37.9 Å². The third-order valence-corrected chi connectivity index (χ3v) is 3.56. The number of rotatable bonds is 6. The standard InChI is InChI=1S/C14H30N2O/c1-12(2)15-13(10-17)6-9-16-8-5-7-14(3,4)11-16/h12-13,15,17H,5-11H2,1-4H3. The van der Waals surface area contributed by atoms with Crippen molar-refractivity contribution in [2.24, 2.45) is 5.41 Å². The van der Waals surface area contributed by atoms with Gasteiger partial charge in [0.15, 0.2) is 0 Å². The first-order valence-corrected chi connectivity index (χ1v) is 7.02. The second kappa shape index (κ2) is 6.72. The molecule has 1 saturated heterocycles. The van der Waals surface area contributed by atoms with Crippen LogP contribution >= 0.6 is 0 Å². The quantitative estimate of drug-likeness (QED) is 0.746. The van der Waals surface area contributed by atoms with E-state index in [-0.39, 0.29) is 12.6 Å². The van der Waals surface area contributed by atoms with Crippen molar-refractivity contribution >= 4 is 0 Å². The summed E-state index contributed by atoms with van der Waals surface area (Å²) in [5, 5.41) is 12.7. The van der Waals surface area contributed by atoms with Gasteiger partial charge in [-0.15, -0.1) is 0 Å². The summed E-state index contributed by atoms with van der Waals surface area (Å²) in [6.07, 6.45) is 3.70. The molecule has 0 aliphatic carbocycles. The van der Waals surface area contributed by atoms with Crippen LogP contribution in [0.3, 0.4) is 0 Å². The lowest BCUT2D eigenvalue weighted by atomic mass is 9.84. The molecular weight excluding hydrogens is 212 g/mol. The first-order chi connectivity index (χ1) is 7.93. The number of hydrogen-bond donors (Lipinski definition) is 2. The Hall–Kier alpha value is -0.120. The van der Waals surface area contributed by atoms with E-state index in [1.165, 1.54) is 25.9 Å². The highest BCUT2D eigenvalue weighted by Gasteiger charge is 2.26. The Kier molecular flexibility index (Phi) is 5.90. The van der Waals surface area contributed by atoms with Gasteiger partial charge < -0.3 is 15.3 Å². The second-order valence-corrected chi connectivity index (χ2v) is 6.53. The van der Waals surface area contributed by atoms with E-state index >= 15 is 0 Å². The van der Waals surface area contributed by atoms with E-state index in [1.54, 1.807) is 0 Å². The molecular formula is C14H30N2O. The molecule has 1 atom stereocenters. The maximum Gasteiger partial charge on any atom is 0.0585 e. The van der Waals surface area contributed by atoms with Crippen LogP contribution in [0.5, 0.6) is 0 Å². The first-order valence-electron chi connectivity index (χ1n) is 7.02. The molecule has 3 heteroatoms. The molecule has 1 heterocycles. The van der Waals surface area contributed by atoms with E-state index in [0.717, 1.165) is 13.0 Å². The number of aliphatic hydroxyl groups is 1. The zero-order chi connectivity index (χ0) is 12.9. The monoisotopic (exact) mass is 242 g/mol. The lowest BCUT2D eigenvalue weighted by Crippen LogP contribution is -2.44. The van der Waals surface area contributed by atoms with Gasteiger partial charge in [0.1, 0.15) is 0 Å². The molecule has 1 aliphatic rings. The van der Waals surface area contributed by atoms with Crippen molar-refractivity contribution in [3.63, 3.8) is 0 Å². The van der Waals surface area contributed by atoms with Crippen LogP contribution in [-0.4, -0.2) is 48.3 Å². The highest BCUT2D eigenvalue weighted by Crippen LogP contribution is 2.28. The molecule has 2 N–H and O–H groups in total. The normalized spacial score (nSPS) is 22.9. The van der Waals surface area contributed by atoms with Gasteiger partial charge in [-0.3, -0.25) is 0 Å². The number of nitrogens with zero attached hydrogens (tertiary/aromatic N) is 1. The summed E-state index contributed by atoms with van der Waals surface area (Å²) in [4.78, 5) is 2.55. The third-order valence-electron chi connectivity index (χ3n) is 3.56. The zero-order valence-corrected chi connectivity index (χ0v) is 12.0. The highest BCUT2D eigenvalue weighted by molar-refractivity contribution is 4.80. The molecule has 1 rings (SSSR count). The average molecular weight is 242 g/mol. The van der Waals surface area contributed by atoms with Crippen LogP contribution < -0.4 is 5.32 Å². The molecule has 1 unspecified atom stereocenters. The van der Waals surface area contributed by atoms with Gasteiger partial charge in [-0.25, -0.2) is 0 Å². The first kappa shape index (κ1) is 14.9. The number of nitrogens with one attached hydrogen (secondary N) is 1. The van der Waals surface area contributed by atoms with Crippen LogP contribution in [0, 0.1) is 5.41 Å². The minimum absolute atomic E-state index is 0.245. The van der Waals surface area contributed by atoms with Gasteiger partial charge in [-0.05, 0) is 37.8 Å². The molecule has 0 amide bonds. The Morgan fingerprint density at radius 3 is 2.59 bits per heavy atom. The Morgan fingerprint density at radius 2 is 2.06 bits per heavy atom. The van der Waals surface area contributed by atoms with Crippen molar-refractivity contribution < 1.29 is 5.11 Å². The van der Waals surface area contributed by atoms with E-state index in [0.29, 0.717) is 11.5 Å². The van der Waals surface area contributed by atoms with Crippen molar-refractivity contribution in [2.75, 3.05) is 26.2 Å². The van der Waals surface area contributed by atoms with Gasteiger partial charge in [-0.2, -0.15) is 0 Å². The van der Waals surface area contributed by atoms with Crippen molar-refractivity contribution in [1.82, 2.24) is 10.2 Å². The largest absolute Gasteiger partial charge is 0.395 e. The summed E-state index contributed by atoms with van der Waals surface area (Å²) < 4.78 is 0. The predicted octanol–water partition coefficient (Wildman–Crippen LogP) is 1.86. The zero-order valence-electron chi connectivity index (χ0n) is 12.0. The summed E-state index contributed by atoms with van der Waals surface area (Å²) in [6.45, 7) is 12.8. The Balaban J connectivity index is 2.28. The van der Waals surface area contributed by atoms with Crippen molar-refractivity contribution in [2.45, 2.75) is 59.0 Å². The maximum atomic E-state index is 9.33. The van der Waals surface area contributed by atoms with Crippen LogP contribution in [0.15, 0.2) is 0 Å². The SMILES string of the molecule is CC(C)NC(CO)CCN1CCCC(C)(C)C1. The Labute approximate surface area is 107 Å². The van der Waals surface area contributed by atoms with Gasteiger partial charge in [0.2, 0.25) is 0 Å². The molecule has 0 spiro atoms. The van der Waals surface area contributed by atoms with Gasteiger partial charge in [0, 0.05) is 18.6 Å². The molecule has 0 aromatic rings. The minimum atomic E-state index is 0.245. The Bertz CT molecular complexity index is 216. The summed E-state index contributed by atoms with van der Waals surface area (Å²) in [7, 11) is 0. The molecule has 1 fully saturated rings. The van der Waals surface area contributed by atoms with Crippen LogP contribution in [0.25, 0.3) is 0 Å². The topological polar surface area (TPSA) is 35.5 Å². The van der Waals surface area contributed by atoms with Gasteiger partial charge >= 0.3 is 0 Å². The van der Waals surface area contributed by atoms with E-state index in [9.17, 15) is 5.11 Å². The molecule has 0 aromatic heterocycles. The van der Waals surface area contributed by atoms with Gasteiger partial charge in [0.25, 0.3) is 0 Å². The molecule has 0 aromatic carbocycles. The summed E-state index contributed by atoms with van der Waals surface area (Å²) in [5.74, 6) is 0. The molecule has 0 radical (unpaired) electrons. The highest BCUT2D eigenvalue weighted by atomic mass is 16.3. The molecule has 0 bridgehead atoms. The van der Waals surface area contributed by atoms with Gasteiger partial charge in [-0.1, -0.05) is 27.7 Å². The summed E-state index contributed by atoms with van der Waals surface area (Å²) in [6, 6.07) is 0.699. The number of piperidine rings is 1. The lowest BCUT2D eigenvalue weighted by molar-refractivity contribution is 0.108. The number of aliphatic hydroxyl groups excluding tert-OH is 1. The van der Waals surface area contributed by atoms with Crippen molar-refractivity contribution in [3.05, 3.63) is 0 Å². The smallest absolute Gasteiger partial charge is 0.0585 e. The fourth-order valence-electron chi connectivity index (χ4n) is 2.77. The average Bonchev–Trinajstić information content (AvgIpc) is 2.22. The van der Waals surface area contributed by atoms with Crippen LogP contribution in [0.1, 0.15) is 47.0 Å². The van der Waals surface area contributed by atoms with E-state index < -0.39 is 0 Å². The second-order valence-electron chi connectivity index (χ2n) is 6.53. The van der Waals surface area contributed by atoms with Crippen LogP contribution in [-0.2, 0) is 0 Å². The number of hydrogen-bond acceptors (Lipinski definition) is 3. The molecule has 17 heavy (non-hydrogen) atoms. The van der Waals surface area contributed by atoms with Crippen molar-refractivity contribution in [1.29, 1.82) is 0 Å². The number of likely N-dealkylation sites (tertiary alicyclic amines) is 1. The third kappa shape index (κ3) is 5.84. The predicted molar refractivity (Wildman–Crippen MR) is 73.2 cm³/mol. The van der Waals surface area contributed by atoms with Crippen LogP contribution in [0.2, 0.25) is 0 Å². The lowest BCUT2D eigenvalue weighted by Gasteiger charge is -2.38. The molecule has 0 saturated carbocycles. The minimum Gasteiger partial charge on any atom is -0.395 e. The van der Waals surface area contributed by atoms with E-state index in [4.69, 9.17) is 0 Å². The summed E-state index contributed by atoms with van der Waals surface area (Å²) in [5.41, 5.74) is 0.471. The molecule has 3 nitrogen and oxygen atoms in total. The van der Waals surface area contributed by atoms with E-state index in [1.807, 2.05) is 0 Å².